The molecule has 0 radical (unpaired) electrons. The molecule has 1 rings (SSSR count). The monoisotopic (exact) mass is 252 g/mol. The molecule has 2 amide bonds. The van der Waals surface area contributed by atoms with E-state index < -0.39 is 17.6 Å². The molecule has 0 unspecified atom stereocenters. The van der Waals surface area contributed by atoms with Crippen molar-refractivity contribution in [2.24, 2.45) is 5.73 Å². The highest BCUT2D eigenvalue weighted by atomic mass is 19.1. The molecule has 0 saturated carbocycles. The van der Waals surface area contributed by atoms with Crippen LogP contribution in [0, 0.1) is 12.7 Å². The number of nitrogens with one attached hydrogen (secondary N) is 1. The Kier molecular flexibility index (Phi) is 4.14. The maximum absolute atomic E-state index is 13.5. The second-order valence-corrected chi connectivity index (χ2v) is 3.92. The molecule has 5 nitrogen and oxygen atoms in total. The Morgan fingerprint density at radius 1 is 1.33 bits per heavy atom. The Labute approximate surface area is 103 Å². The van der Waals surface area contributed by atoms with Gasteiger partial charge in [-0.15, -0.1) is 0 Å². The van der Waals surface area contributed by atoms with E-state index >= 15 is 0 Å². The van der Waals surface area contributed by atoms with Gasteiger partial charge in [0.25, 0.3) is 0 Å². The second kappa shape index (κ2) is 5.39. The van der Waals surface area contributed by atoms with E-state index in [2.05, 4.69) is 5.32 Å². The molecule has 3 N–H and O–H groups in total. The zero-order valence-corrected chi connectivity index (χ0v) is 10.0. The van der Waals surface area contributed by atoms with Crippen LogP contribution >= 0.6 is 0 Å². The second-order valence-electron chi connectivity index (χ2n) is 3.92. The molecular weight excluding hydrogens is 239 g/mol. The van der Waals surface area contributed by atoms with Crippen LogP contribution in [0.4, 0.5) is 10.1 Å². The van der Waals surface area contributed by atoms with Crippen molar-refractivity contribution in [3.8, 4) is 0 Å². The van der Waals surface area contributed by atoms with E-state index in [-0.39, 0.29) is 29.0 Å². The number of anilines is 1. The summed E-state index contributed by atoms with van der Waals surface area (Å²) in [7, 11) is 0. The first-order valence-corrected chi connectivity index (χ1v) is 5.20. The smallest absolute Gasteiger partial charge is 0.248 e. The fraction of sp³-hybridized carbons (Fsp3) is 0.250. The lowest BCUT2D eigenvalue weighted by molar-refractivity contribution is -0.124. The predicted molar refractivity (Wildman–Crippen MR) is 63.6 cm³/mol. The summed E-state index contributed by atoms with van der Waals surface area (Å²) in [4.78, 5) is 33.1. The lowest BCUT2D eigenvalue weighted by Gasteiger charge is -2.10. The van der Waals surface area contributed by atoms with E-state index in [1.807, 2.05) is 0 Å². The molecule has 0 aliphatic heterocycles. The van der Waals surface area contributed by atoms with Gasteiger partial charge in [0.1, 0.15) is 11.6 Å². The van der Waals surface area contributed by atoms with Gasteiger partial charge in [-0.1, -0.05) is 0 Å². The summed E-state index contributed by atoms with van der Waals surface area (Å²) in [5.41, 5.74) is 5.31. The molecule has 0 spiro atoms. The first kappa shape index (κ1) is 13.8. The van der Waals surface area contributed by atoms with Crippen LogP contribution in [0.15, 0.2) is 12.1 Å². The first-order valence-electron chi connectivity index (χ1n) is 5.20. The first-order chi connectivity index (χ1) is 8.31. The zero-order chi connectivity index (χ0) is 13.9. The number of hydrogen-bond acceptors (Lipinski definition) is 3. The van der Waals surface area contributed by atoms with Crippen molar-refractivity contribution in [2.45, 2.75) is 20.3 Å². The SMILES string of the molecule is CC(=O)CC(=O)Nc1cc(C(N)=O)cc(F)c1C. The van der Waals surface area contributed by atoms with Gasteiger partial charge in [0.15, 0.2) is 0 Å². The highest BCUT2D eigenvalue weighted by Gasteiger charge is 2.13. The van der Waals surface area contributed by atoms with Crippen LogP contribution in [0.2, 0.25) is 0 Å². The normalized spacial score (nSPS) is 9.94. The van der Waals surface area contributed by atoms with Crippen LogP contribution in [-0.4, -0.2) is 17.6 Å². The summed E-state index contributed by atoms with van der Waals surface area (Å²) in [5, 5.41) is 2.37. The molecule has 6 heteroatoms. The van der Waals surface area contributed by atoms with Gasteiger partial charge in [0.2, 0.25) is 11.8 Å². The van der Waals surface area contributed by atoms with Crippen LogP contribution < -0.4 is 11.1 Å². The molecule has 0 bridgehead atoms. The van der Waals surface area contributed by atoms with Gasteiger partial charge in [0.05, 0.1) is 6.42 Å². The van der Waals surface area contributed by atoms with Gasteiger partial charge >= 0.3 is 0 Å². The van der Waals surface area contributed by atoms with Gasteiger partial charge in [-0.3, -0.25) is 14.4 Å². The summed E-state index contributed by atoms with van der Waals surface area (Å²) in [6.07, 6.45) is -0.304. The average molecular weight is 252 g/mol. The summed E-state index contributed by atoms with van der Waals surface area (Å²) in [6.45, 7) is 2.72. The number of rotatable bonds is 4. The number of amides is 2. The third-order valence-corrected chi connectivity index (χ3v) is 2.31. The van der Waals surface area contributed by atoms with Gasteiger partial charge in [-0.05, 0) is 26.0 Å². The molecule has 1 aromatic rings. The number of primary amides is 1. The molecular formula is C12H13FN2O3. The van der Waals surface area contributed by atoms with Crippen LogP contribution in [0.25, 0.3) is 0 Å². The minimum Gasteiger partial charge on any atom is -0.366 e. The van der Waals surface area contributed by atoms with Crippen molar-refractivity contribution >= 4 is 23.3 Å². The highest BCUT2D eigenvalue weighted by Crippen LogP contribution is 2.20. The minimum absolute atomic E-state index is 0.0452. The molecule has 0 heterocycles. The van der Waals surface area contributed by atoms with Crippen LogP contribution in [0.1, 0.15) is 29.3 Å². The van der Waals surface area contributed by atoms with Gasteiger partial charge in [0, 0.05) is 16.8 Å². The van der Waals surface area contributed by atoms with Gasteiger partial charge < -0.3 is 11.1 Å². The number of ketones is 1. The molecule has 1 aromatic carbocycles. The lowest BCUT2D eigenvalue weighted by Crippen LogP contribution is -2.17. The Bertz CT molecular complexity index is 526. The summed E-state index contributed by atoms with van der Waals surface area (Å²) in [5.74, 6) is -2.32. The third-order valence-electron chi connectivity index (χ3n) is 2.31. The van der Waals surface area contributed by atoms with E-state index in [1.165, 1.54) is 19.9 Å². The van der Waals surface area contributed by atoms with Gasteiger partial charge in [-0.25, -0.2) is 4.39 Å². The minimum atomic E-state index is -0.795. The summed E-state index contributed by atoms with van der Waals surface area (Å²) < 4.78 is 13.5. The van der Waals surface area contributed by atoms with Crippen molar-refractivity contribution in [1.82, 2.24) is 0 Å². The molecule has 0 aromatic heterocycles. The maximum atomic E-state index is 13.5. The van der Waals surface area contributed by atoms with Crippen molar-refractivity contribution in [1.29, 1.82) is 0 Å². The van der Waals surface area contributed by atoms with E-state index in [0.717, 1.165) is 6.07 Å². The summed E-state index contributed by atoms with van der Waals surface area (Å²) in [6, 6.07) is 2.27. The molecule has 0 aliphatic rings. The standard InChI is InChI=1S/C12H13FN2O3/c1-6(16)3-11(17)15-10-5-8(12(14)18)4-9(13)7(10)2/h4-5H,3H2,1-2H3,(H2,14,18)(H,15,17). The molecule has 0 atom stereocenters. The average Bonchev–Trinajstić information content (AvgIpc) is 2.22. The number of carbonyl (C=O) groups is 3. The van der Waals surface area contributed by atoms with Gasteiger partial charge in [-0.2, -0.15) is 0 Å². The van der Waals surface area contributed by atoms with Crippen molar-refractivity contribution in [2.75, 3.05) is 5.32 Å². The molecule has 0 fully saturated rings. The van der Waals surface area contributed by atoms with Crippen molar-refractivity contribution in [3.05, 3.63) is 29.1 Å². The fourth-order valence-electron chi connectivity index (χ4n) is 1.37. The number of hydrogen-bond donors (Lipinski definition) is 2. The third kappa shape index (κ3) is 3.38. The largest absolute Gasteiger partial charge is 0.366 e. The number of benzene rings is 1. The number of halogens is 1. The number of Topliss-reactive ketones (excluding diaryl/α,β-unsaturated/α-hetero) is 1. The Hall–Kier alpha value is -2.24. The molecule has 0 aliphatic carbocycles. The molecule has 96 valence electrons. The van der Waals surface area contributed by atoms with E-state index in [9.17, 15) is 18.8 Å². The maximum Gasteiger partial charge on any atom is 0.248 e. The number of nitrogens with two attached hydrogens (primary N) is 1. The van der Waals surface area contributed by atoms with Crippen LogP contribution in [0.5, 0.6) is 0 Å². The number of carbonyl (C=O) groups excluding carboxylic acids is 3. The topological polar surface area (TPSA) is 89.3 Å². The quantitative estimate of drug-likeness (QED) is 0.788. The van der Waals surface area contributed by atoms with Crippen molar-refractivity contribution < 1.29 is 18.8 Å². The van der Waals surface area contributed by atoms with E-state index in [4.69, 9.17) is 5.73 Å². The zero-order valence-electron chi connectivity index (χ0n) is 10.0. The Balaban J connectivity index is 3.04. The predicted octanol–water partition coefficient (Wildman–Crippen LogP) is 1.15. The van der Waals surface area contributed by atoms with E-state index in [0.29, 0.717) is 0 Å². The van der Waals surface area contributed by atoms with E-state index in [1.54, 1.807) is 0 Å². The Morgan fingerprint density at radius 2 is 1.94 bits per heavy atom. The van der Waals surface area contributed by atoms with Crippen molar-refractivity contribution in [3.63, 3.8) is 0 Å². The fourth-order valence-corrected chi connectivity index (χ4v) is 1.37. The lowest BCUT2D eigenvalue weighted by atomic mass is 10.1. The highest BCUT2D eigenvalue weighted by molar-refractivity contribution is 6.04. The Morgan fingerprint density at radius 3 is 2.44 bits per heavy atom. The summed E-state index contributed by atoms with van der Waals surface area (Å²) >= 11 is 0. The molecule has 18 heavy (non-hydrogen) atoms. The molecule has 0 saturated heterocycles. The van der Waals surface area contributed by atoms with Crippen LogP contribution in [0.3, 0.4) is 0 Å². The van der Waals surface area contributed by atoms with Crippen LogP contribution in [-0.2, 0) is 9.59 Å².